The Labute approximate surface area is 61.3 Å². The van der Waals surface area contributed by atoms with Gasteiger partial charge >= 0.3 is 0 Å². The first-order valence-corrected chi connectivity index (χ1v) is 3.11. The number of rotatable bonds is 0. The summed E-state index contributed by atoms with van der Waals surface area (Å²) in [6.07, 6.45) is 3.24. The highest BCUT2D eigenvalue weighted by molar-refractivity contribution is 14.1. The van der Waals surface area contributed by atoms with Gasteiger partial charge in [-0.15, -0.1) is 0 Å². The van der Waals surface area contributed by atoms with Gasteiger partial charge in [-0.05, 0) is 0 Å². The van der Waals surface area contributed by atoms with E-state index in [4.69, 9.17) is 0 Å². The van der Waals surface area contributed by atoms with E-state index < -0.39 is 0 Å². The quantitative estimate of drug-likeness (QED) is 0.589. The van der Waals surface area contributed by atoms with Gasteiger partial charge < -0.3 is 0 Å². The molecule has 0 unspecified atom stereocenters. The van der Waals surface area contributed by atoms with Crippen LogP contribution in [0.1, 0.15) is 5.82 Å². The van der Waals surface area contributed by atoms with E-state index in [-0.39, 0.29) is 0 Å². The molecule has 42 valence electrons. The van der Waals surface area contributed by atoms with E-state index >= 15 is 0 Å². The van der Waals surface area contributed by atoms with E-state index in [1.54, 1.807) is 6.33 Å². The van der Waals surface area contributed by atoms with E-state index in [0.29, 0.717) is 0 Å². The van der Waals surface area contributed by atoms with Crippen LogP contribution in [-0.4, -0.2) is 9.97 Å². The summed E-state index contributed by atoms with van der Waals surface area (Å²) in [4.78, 5) is 7.71. The fourth-order valence-electron chi connectivity index (χ4n) is 0.344. The smallest absolute Gasteiger partial charge is 0.175 e. The molecule has 0 N–H and O–H groups in total. The normalized spacial score (nSPS) is 9.25. The average molecular weight is 222 g/mol. The van der Waals surface area contributed by atoms with Crippen LogP contribution in [0.25, 0.3) is 0 Å². The summed E-state index contributed by atoms with van der Waals surface area (Å²) >= 11 is 2.12. The first-order valence-electron chi connectivity index (χ1n) is 2.15. The molecule has 0 bridgehead atoms. The van der Waals surface area contributed by atoms with Crippen LogP contribution in [0.5, 0.6) is 0 Å². The number of aryl methyl sites for hydroxylation is 1. The highest BCUT2D eigenvalue weighted by Gasteiger charge is 1.96. The Morgan fingerprint density at radius 1 is 1.75 bits per heavy atom. The van der Waals surface area contributed by atoms with Gasteiger partial charge in [0.2, 0.25) is 12.2 Å². The van der Waals surface area contributed by atoms with Crippen molar-refractivity contribution in [3.63, 3.8) is 0 Å². The Balaban J connectivity index is 3.13. The molecule has 3 nitrogen and oxygen atoms in total. The lowest BCUT2D eigenvalue weighted by Crippen LogP contribution is -2.24. The molecule has 1 aromatic rings. The molecule has 4 heteroatoms. The predicted octanol–water partition coefficient (Wildman–Crippen LogP) is 0.271. The maximum atomic E-state index is 3.92. The van der Waals surface area contributed by atoms with Crippen LogP contribution in [-0.2, 0) is 0 Å². The third kappa shape index (κ3) is 1.12. The fourth-order valence-corrected chi connectivity index (χ4v) is 0.612. The third-order valence-corrected chi connectivity index (χ3v) is 1.74. The molecule has 0 atom stereocenters. The summed E-state index contributed by atoms with van der Waals surface area (Å²) < 4.78 is 1.83. The Morgan fingerprint density at radius 3 is 2.88 bits per heavy atom. The molecule has 0 radical (unpaired) electrons. The topological polar surface area (TPSA) is 29.7 Å². The monoisotopic (exact) mass is 222 g/mol. The molecule has 1 rings (SSSR count). The second kappa shape index (κ2) is 2.34. The second-order valence-electron chi connectivity index (χ2n) is 1.37. The Bertz CT molecular complexity index is 167. The second-order valence-corrected chi connectivity index (χ2v) is 2.41. The highest BCUT2D eigenvalue weighted by atomic mass is 127. The summed E-state index contributed by atoms with van der Waals surface area (Å²) in [6.45, 7) is 1.92. The van der Waals surface area contributed by atoms with Gasteiger partial charge in [-0.1, -0.05) is 9.97 Å². The van der Waals surface area contributed by atoms with Crippen LogP contribution in [0.2, 0.25) is 0 Å². The summed E-state index contributed by atoms with van der Waals surface area (Å²) in [7, 11) is 0. The number of aromatic nitrogens is 3. The van der Waals surface area contributed by atoms with Crippen molar-refractivity contribution in [2.75, 3.05) is 0 Å². The minimum Gasteiger partial charge on any atom is -0.175 e. The molecule has 0 amide bonds. The Morgan fingerprint density at radius 2 is 2.50 bits per heavy atom. The van der Waals surface area contributed by atoms with E-state index in [9.17, 15) is 0 Å². The zero-order chi connectivity index (χ0) is 5.98. The van der Waals surface area contributed by atoms with Gasteiger partial charge in [0.15, 0.2) is 22.9 Å². The molecule has 0 aromatic carbocycles. The van der Waals surface area contributed by atoms with Crippen LogP contribution in [0.15, 0.2) is 12.7 Å². The molecule has 0 saturated heterocycles. The number of hydrogen-bond donors (Lipinski definition) is 0. The molecule has 1 heterocycles. The van der Waals surface area contributed by atoms with Crippen LogP contribution >= 0.6 is 22.9 Å². The fraction of sp³-hybridized carbons (Fsp3) is 0.250. The Kier molecular flexibility index (Phi) is 1.72. The molecule has 0 aliphatic heterocycles. The van der Waals surface area contributed by atoms with Crippen molar-refractivity contribution in [3.8, 4) is 0 Å². The van der Waals surface area contributed by atoms with Gasteiger partial charge in [-0.3, -0.25) is 0 Å². The number of nitrogens with zero attached hydrogens (tertiary/aromatic N) is 3. The van der Waals surface area contributed by atoms with Crippen LogP contribution < -0.4 is 2.78 Å². The van der Waals surface area contributed by atoms with Gasteiger partial charge in [0.05, 0.1) is 0 Å². The zero-order valence-corrected chi connectivity index (χ0v) is 6.53. The van der Waals surface area contributed by atoms with Gasteiger partial charge in [0.1, 0.15) is 0 Å². The lowest BCUT2D eigenvalue weighted by molar-refractivity contribution is -0.458. The summed E-state index contributed by atoms with van der Waals surface area (Å²) in [5.41, 5.74) is 0. The highest BCUT2D eigenvalue weighted by Crippen LogP contribution is 1.79. The summed E-state index contributed by atoms with van der Waals surface area (Å²) in [5, 5.41) is 0. The van der Waals surface area contributed by atoms with E-state index in [1.807, 2.05) is 9.70 Å². The molecule has 0 fully saturated rings. The predicted molar refractivity (Wildman–Crippen MR) is 36.4 cm³/mol. The molecule has 1 aromatic heterocycles. The molecule has 8 heavy (non-hydrogen) atoms. The molecular formula is C4H5IN3+. The lowest BCUT2D eigenvalue weighted by atomic mass is 10.7. The average Bonchev–Trinajstić information content (AvgIpc) is 1.77. The summed E-state index contributed by atoms with van der Waals surface area (Å²) in [6, 6.07) is 0. The lowest BCUT2D eigenvalue weighted by Gasteiger charge is -1.83. The van der Waals surface area contributed by atoms with Crippen LogP contribution in [0.4, 0.5) is 0 Å². The van der Waals surface area contributed by atoms with Gasteiger partial charge in [0, 0.05) is 6.92 Å². The first kappa shape index (κ1) is 5.87. The van der Waals surface area contributed by atoms with Crippen molar-refractivity contribution >= 4 is 22.9 Å². The minimum atomic E-state index is 0.959. The van der Waals surface area contributed by atoms with Gasteiger partial charge in [-0.25, -0.2) is 0 Å². The molecule has 0 saturated carbocycles. The third-order valence-electron chi connectivity index (χ3n) is 0.788. The molecular weight excluding hydrogens is 217 g/mol. The zero-order valence-electron chi connectivity index (χ0n) is 4.37. The first-order chi connectivity index (χ1) is 3.80. The van der Waals surface area contributed by atoms with Crippen molar-refractivity contribution in [3.05, 3.63) is 18.5 Å². The van der Waals surface area contributed by atoms with E-state index in [2.05, 4.69) is 32.8 Å². The van der Waals surface area contributed by atoms with Crippen molar-refractivity contribution < 1.29 is 2.78 Å². The maximum absolute atomic E-state index is 3.92. The van der Waals surface area contributed by atoms with E-state index in [0.717, 1.165) is 5.82 Å². The van der Waals surface area contributed by atoms with Crippen molar-refractivity contribution in [1.82, 2.24) is 9.97 Å². The van der Waals surface area contributed by atoms with Crippen molar-refractivity contribution in [1.29, 1.82) is 0 Å². The van der Waals surface area contributed by atoms with Crippen molar-refractivity contribution in [2.24, 2.45) is 0 Å². The SMILES string of the molecule is Cc1ncnc[n+]1I. The minimum absolute atomic E-state index is 0.959. The van der Waals surface area contributed by atoms with Gasteiger partial charge in [-0.2, -0.15) is 2.78 Å². The number of hydrogen-bond acceptors (Lipinski definition) is 2. The Hall–Kier alpha value is -0.260. The standard InChI is InChI=1S/C4H5IN3/c1-4-7-2-6-3-8(4)5/h2-3H,1H3/q+1. The maximum Gasteiger partial charge on any atom is 0.264 e. The molecule has 0 aliphatic rings. The summed E-state index contributed by atoms with van der Waals surface area (Å²) in [5.74, 6) is 0.959. The van der Waals surface area contributed by atoms with E-state index in [1.165, 1.54) is 6.33 Å². The van der Waals surface area contributed by atoms with Gasteiger partial charge in [0.25, 0.3) is 6.33 Å². The van der Waals surface area contributed by atoms with Crippen LogP contribution in [0, 0.1) is 6.92 Å². The van der Waals surface area contributed by atoms with Crippen molar-refractivity contribution in [2.45, 2.75) is 6.92 Å². The molecule has 0 aliphatic carbocycles. The van der Waals surface area contributed by atoms with Crippen LogP contribution in [0.3, 0.4) is 0 Å². The molecule has 0 spiro atoms. The number of halogens is 1. The largest absolute Gasteiger partial charge is 0.264 e.